The van der Waals surface area contributed by atoms with Crippen LogP contribution >= 0.6 is 11.8 Å². The van der Waals surface area contributed by atoms with Crippen molar-refractivity contribution >= 4 is 17.7 Å². The molecule has 0 amide bonds. The standard InChI is InChI=1S/C5H9NO2S/c1-4(7)8-5-2-9-3-6-5/h5-6H,2-3H2,1H3. The van der Waals surface area contributed by atoms with Crippen LogP contribution in [0.25, 0.3) is 0 Å². The van der Waals surface area contributed by atoms with Gasteiger partial charge in [0.25, 0.3) is 0 Å². The fourth-order valence-corrected chi connectivity index (χ4v) is 1.47. The lowest BCUT2D eigenvalue weighted by molar-refractivity contribution is -0.146. The van der Waals surface area contributed by atoms with Crippen molar-refractivity contribution in [3.63, 3.8) is 0 Å². The Morgan fingerprint density at radius 1 is 1.89 bits per heavy atom. The summed E-state index contributed by atoms with van der Waals surface area (Å²) in [5.41, 5.74) is 0. The maximum Gasteiger partial charge on any atom is 0.304 e. The number of carbonyl (C=O) groups excluding carboxylic acids is 1. The third kappa shape index (κ3) is 2.24. The molecule has 1 fully saturated rings. The fraction of sp³-hybridized carbons (Fsp3) is 0.800. The van der Waals surface area contributed by atoms with Crippen LogP contribution in [0, 0.1) is 0 Å². The van der Waals surface area contributed by atoms with E-state index in [-0.39, 0.29) is 12.2 Å². The summed E-state index contributed by atoms with van der Waals surface area (Å²) in [4.78, 5) is 10.3. The monoisotopic (exact) mass is 147 g/mol. The number of carbonyl (C=O) groups is 1. The van der Waals surface area contributed by atoms with Crippen LogP contribution in [0.5, 0.6) is 0 Å². The number of esters is 1. The molecule has 4 heteroatoms. The quantitative estimate of drug-likeness (QED) is 0.536. The van der Waals surface area contributed by atoms with Gasteiger partial charge in [0.2, 0.25) is 0 Å². The van der Waals surface area contributed by atoms with Crippen LogP contribution in [0.15, 0.2) is 0 Å². The lowest BCUT2D eigenvalue weighted by atomic mass is 10.6. The second kappa shape index (κ2) is 3.08. The zero-order valence-electron chi connectivity index (χ0n) is 5.22. The van der Waals surface area contributed by atoms with E-state index in [1.165, 1.54) is 6.92 Å². The first-order chi connectivity index (χ1) is 4.29. The fourth-order valence-electron chi connectivity index (χ4n) is 0.653. The van der Waals surface area contributed by atoms with Crippen molar-refractivity contribution in [3.8, 4) is 0 Å². The first kappa shape index (κ1) is 6.89. The Morgan fingerprint density at radius 3 is 3.11 bits per heavy atom. The van der Waals surface area contributed by atoms with Gasteiger partial charge in [-0.15, -0.1) is 11.8 Å². The molecule has 0 aliphatic carbocycles. The summed E-state index contributed by atoms with van der Waals surface area (Å²) in [6.45, 7) is 1.42. The van der Waals surface area contributed by atoms with E-state index in [9.17, 15) is 4.79 Å². The van der Waals surface area contributed by atoms with Gasteiger partial charge in [-0.3, -0.25) is 10.1 Å². The van der Waals surface area contributed by atoms with Crippen molar-refractivity contribution in [1.29, 1.82) is 0 Å². The van der Waals surface area contributed by atoms with Crippen LogP contribution in [0.4, 0.5) is 0 Å². The van der Waals surface area contributed by atoms with Crippen molar-refractivity contribution < 1.29 is 9.53 Å². The highest BCUT2D eigenvalue weighted by atomic mass is 32.2. The average Bonchev–Trinajstić information content (AvgIpc) is 2.15. The van der Waals surface area contributed by atoms with Crippen molar-refractivity contribution in [2.24, 2.45) is 0 Å². The Morgan fingerprint density at radius 2 is 2.67 bits per heavy atom. The minimum Gasteiger partial charge on any atom is -0.446 e. The Kier molecular flexibility index (Phi) is 2.36. The molecule has 9 heavy (non-hydrogen) atoms. The molecule has 52 valence electrons. The zero-order chi connectivity index (χ0) is 6.69. The van der Waals surface area contributed by atoms with Gasteiger partial charge in [0.1, 0.15) is 0 Å². The number of ether oxygens (including phenoxy) is 1. The van der Waals surface area contributed by atoms with E-state index in [1.807, 2.05) is 0 Å². The van der Waals surface area contributed by atoms with E-state index in [1.54, 1.807) is 11.8 Å². The molecule has 0 saturated carbocycles. The van der Waals surface area contributed by atoms with Gasteiger partial charge in [0.05, 0.1) is 0 Å². The molecule has 0 radical (unpaired) electrons. The summed E-state index contributed by atoms with van der Waals surface area (Å²) in [7, 11) is 0. The zero-order valence-corrected chi connectivity index (χ0v) is 6.03. The van der Waals surface area contributed by atoms with Gasteiger partial charge in [-0.1, -0.05) is 0 Å². The molecule has 3 nitrogen and oxygen atoms in total. The molecule has 0 spiro atoms. The van der Waals surface area contributed by atoms with Crippen molar-refractivity contribution in [3.05, 3.63) is 0 Å². The molecular formula is C5H9NO2S. The molecule has 1 aliphatic rings. The second-order valence-electron chi connectivity index (χ2n) is 1.82. The molecule has 1 saturated heterocycles. The Labute approximate surface area is 58.1 Å². The van der Waals surface area contributed by atoms with Gasteiger partial charge in [-0.05, 0) is 0 Å². The molecule has 1 heterocycles. The Bertz CT molecular complexity index is 112. The first-order valence-electron chi connectivity index (χ1n) is 2.77. The van der Waals surface area contributed by atoms with Gasteiger partial charge < -0.3 is 4.74 Å². The van der Waals surface area contributed by atoms with Crippen LogP contribution in [0.3, 0.4) is 0 Å². The minimum absolute atomic E-state index is 0.0486. The number of thioether (sulfide) groups is 1. The third-order valence-corrected chi connectivity index (χ3v) is 1.90. The topological polar surface area (TPSA) is 38.3 Å². The maximum atomic E-state index is 10.3. The number of hydrogen-bond acceptors (Lipinski definition) is 4. The third-order valence-electron chi connectivity index (χ3n) is 0.991. The second-order valence-corrected chi connectivity index (χ2v) is 2.85. The first-order valence-corrected chi connectivity index (χ1v) is 3.93. The molecule has 0 aromatic rings. The summed E-state index contributed by atoms with van der Waals surface area (Å²) in [5, 5.41) is 3.01. The SMILES string of the molecule is CC(=O)OC1CSCN1. The molecule has 0 aromatic carbocycles. The lowest BCUT2D eigenvalue weighted by Gasteiger charge is -2.07. The Balaban J connectivity index is 2.19. The van der Waals surface area contributed by atoms with E-state index in [0.717, 1.165) is 11.6 Å². The molecular weight excluding hydrogens is 138 g/mol. The number of rotatable bonds is 1. The molecule has 1 N–H and O–H groups in total. The Hall–Kier alpha value is -0.220. The molecule has 1 unspecified atom stereocenters. The summed E-state index contributed by atoms with van der Waals surface area (Å²) in [5.74, 6) is 1.55. The van der Waals surface area contributed by atoms with Gasteiger partial charge in [-0.25, -0.2) is 0 Å². The van der Waals surface area contributed by atoms with Crippen molar-refractivity contribution in [2.75, 3.05) is 11.6 Å². The molecule has 1 aliphatic heterocycles. The van der Waals surface area contributed by atoms with Crippen LogP contribution in [0.2, 0.25) is 0 Å². The lowest BCUT2D eigenvalue weighted by Crippen LogP contribution is -2.28. The van der Waals surface area contributed by atoms with Crippen LogP contribution in [-0.4, -0.2) is 23.8 Å². The summed E-state index contributed by atoms with van der Waals surface area (Å²) >= 11 is 1.74. The van der Waals surface area contributed by atoms with Crippen molar-refractivity contribution in [2.45, 2.75) is 13.2 Å². The van der Waals surface area contributed by atoms with E-state index in [0.29, 0.717) is 0 Å². The average molecular weight is 147 g/mol. The van der Waals surface area contributed by atoms with Crippen LogP contribution in [0.1, 0.15) is 6.92 Å². The minimum atomic E-state index is -0.213. The predicted molar refractivity (Wildman–Crippen MR) is 36.0 cm³/mol. The summed E-state index contributed by atoms with van der Waals surface area (Å²) < 4.78 is 4.84. The van der Waals surface area contributed by atoms with Gasteiger partial charge >= 0.3 is 5.97 Å². The molecule has 0 aromatic heterocycles. The van der Waals surface area contributed by atoms with Crippen molar-refractivity contribution in [1.82, 2.24) is 5.32 Å². The molecule has 0 bridgehead atoms. The van der Waals surface area contributed by atoms with Gasteiger partial charge in [0.15, 0.2) is 6.23 Å². The van der Waals surface area contributed by atoms with Gasteiger partial charge in [-0.2, -0.15) is 0 Å². The predicted octanol–water partition coefficient (Wildman–Crippen LogP) is 0.169. The van der Waals surface area contributed by atoms with E-state index < -0.39 is 0 Å². The van der Waals surface area contributed by atoms with Crippen LogP contribution < -0.4 is 5.32 Å². The van der Waals surface area contributed by atoms with E-state index in [2.05, 4.69) is 5.32 Å². The molecule has 1 rings (SSSR count). The maximum absolute atomic E-state index is 10.3. The summed E-state index contributed by atoms with van der Waals surface area (Å²) in [6, 6.07) is 0. The smallest absolute Gasteiger partial charge is 0.304 e. The largest absolute Gasteiger partial charge is 0.446 e. The number of nitrogens with one attached hydrogen (secondary N) is 1. The normalized spacial score (nSPS) is 26.1. The van der Waals surface area contributed by atoms with Gasteiger partial charge in [0, 0.05) is 18.6 Å². The van der Waals surface area contributed by atoms with E-state index in [4.69, 9.17) is 4.74 Å². The summed E-state index contributed by atoms with van der Waals surface area (Å²) in [6.07, 6.45) is -0.0486. The highest BCUT2D eigenvalue weighted by Gasteiger charge is 2.15. The highest BCUT2D eigenvalue weighted by Crippen LogP contribution is 2.09. The molecule has 1 atom stereocenters. The van der Waals surface area contributed by atoms with Crippen LogP contribution in [-0.2, 0) is 9.53 Å². The highest BCUT2D eigenvalue weighted by molar-refractivity contribution is 7.99. The number of hydrogen-bond donors (Lipinski definition) is 1. The van der Waals surface area contributed by atoms with E-state index >= 15 is 0 Å².